The number of piperidine rings is 1. The number of rotatable bonds is 4. The number of hydrogen-bond acceptors (Lipinski definition) is 2. The molecule has 110 valence electrons. The largest absolute Gasteiger partial charge is 0.336 e. The molecular formula is C15H20Br2N2O. The molecule has 2 rings (SSSR count). The van der Waals surface area contributed by atoms with E-state index in [1.54, 1.807) is 0 Å². The second kappa shape index (κ2) is 7.57. The summed E-state index contributed by atoms with van der Waals surface area (Å²) in [6.45, 7) is 1.82. The fraction of sp³-hybridized carbons (Fsp3) is 0.533. The Morgan fingerprint density at radius 2 is 2.20 bits per heavy atom. The van der Waals surface area contributed by atoms with Gasteiger partial charge in [0.15, 0.2) is 0 Å². The van der Waals surface area contributed by atoms with Crippen molar-refractivity contribution in [1.29, 1.82) is 0 Å². The SMILES string of the molecule is CNCCC1CCCCN1C(=O)c1cc(Br)ccc1Br. The summed E-state index contributed by atoms with van der Waals surface area (Å²) in [5, 5.41) is 3.18. The molecule has 0 bridgehead atoms. The van der Waals surface area contributed by atoms with Gasteiger partial charge in [0.1, 0.15) is 0 Å². The summed E-state index contributed by atoms with van der Waals surface area (Å²) in [6, 6.07) is 6.12. The highest BCUT2D eigenvalue weighted by Crippen LogP contribution is 2.27. The van der Waals surface area contributed by atoms with Crippen molar-refractivity contribution in [3.8, 4) is 0 Å². The molecule has 1 saturated heterocycles. The Morgan fingerprint density at radius 1 is 1.40 bits per heavy atom. The van der Waals surface area contributed by atoms with Gasteiger partial charge in [-0.3, -0.25) is 4.79 Å². The topological polar surface area (TPSA) is 32.3 Å². The van der Waals surface area contributed by atoms with E-state index in [9.17, 15) is 4.79 Å². The molecule has 3 nitrogen and oxygen atoms in total. The molecule has 1 N–H and O–H groups in total. The van der Waals surface area contributed by atoms with Crippen molar-refractivity contribution in [1.82, 2.24) is 10.2 Å². The molecule has 1 aliphatic rings. The lowest BCUT2D eigenvalue weighted by atomic mass is 9.98. The maximum Gasteiger partial charge on any atom is 0.255 e. The van der Waals surface area contributed by atoms with Crippen molar-refractivity contribution in [3.05, 3.63) is 32.7 Å². The average Bonchev–Trinajstić information content (AvgIpc) is 2.47. The van der Waals surface area contributed by atoms with Gasteiger partial charge in [0.05, 0.1) is 5.56 Å². The van der Waals surface area contributed by atoms with Gasteiger partial charge < -0.3 is 10.2 Å². The van der Waals surface area contributed by atoms with Gasteiger partial charge >= 0.3 is 0 Å². The van der Waals surface area contributed by atoms with Crippen LogP contribution in [0.5, 0.6) is 0 Å². The standard InChI is InChI=1S/C15H20Br2N2O/c1-18-8-7-12-4-2-3-9-19(12)15(20)13-10-11(16)5-6-14(13)17/h5-6,10,12,18H,2-4,7-9H2,1H3. The number of nitrogens with one attached hydrogen (secondary N) is 1. The van der Waals surface area contributed by atoms with E-state index in [0.717, 1.165) is 46.9 Å². The van der Waals surface area contributed by atoms with Gasteiger partial charge in [0.25, 0.3) is 5.91 Å². The smallest absolute Gasteiger partial charge is 0.255 e. The van der Waals surface area contributed by atoms with Crippen LogP contribution in [0.2, 0.25) is 0 Å². The number of nitrogens with zero attached hydrogens (tertiary/aromatic N) is 1. The molecule has 1 unspecified atom stereocenters. The summed E-state index contributed by atoms with van der Waals surface area (Å²) in [6.07, 6.45) is 4.46. The molecule has 0 radical (unpaired) electrons. The van der Waals surface area contributed by atoms with E-state index in [1.807, 2.05) is 30.1 Å². The van der Waals surface area contributed by atoms with E-state index in [0.29, 0.717) is 6.04 Å². The van der Waals surface area contributed by atoms with Crippen LogP contribution < -0.4 is 5.32 Å². The van der Waals surface area contributed by atoms with Crippen LogP contribution in [0, 0.1) is 0 Å². The molecule has 5 heteroatoms. The molecular weight excluding hydrogens is 384 g/mol. The predicted octanol–water partition coefficient (Wildman–Crippen LogP) is 3.82. The molecule has 0 aromatic heterocycles. The van der Waals surface area contributed by atoms with Crippen molar-refractivity contribution in [2.24, 2.45) is 0 Å². The minimum atomic E-state index is 0.138. The van der Waals surface area contributed by atoms with Crippen molar-refractivity contribution in [2.45, 2.75) is 31.7 Å². The Labute approximate surface area is 137 Å². The number of amides is 1. The van der Waals surface area contributed by atoms with Crippen LogP contribution in [0.4, 0.5) is 0 Å². The Hall–Kier alpha value is -0.390. The third kappa shape index (κ3) is 3.83. The Bertz CT molecular complexity index is 479. The molecule has 1 fully saturated rings. The second-order valence-electron chi connectivity index (χ2n) is 5.16. The molecule has 1 aromatic carbocycles. The summed E-state index contributed by atoms with van der Waals surface area (Å²) < 4.78 is 1.80. The first-order chi connectivity index (χ1) is 9.63. The first-order valence-electron chi connectivity index (χ1n) is 7.04. The summed E-state index contributed by atoms with van der Waals surface area (Å²) >= 11 is 6.93. The lowest BCUT2D eigenvalue weighted by Gasteiger charge is -2.36. The van der Waals surface area contributed by atoms with Gasteiger partial charge in [0.2, 0.25) is 0 Å². The van der Waals surface area contributed by atoms with Crippen molar-refractivity contribution in [3.63, 3.8) is 0 Å². The molecule has 1 aliphatic heterocycles. The second-order valence-corrected chi connectivity index (χ2v) is 6.93. The van der Waals surface area contributed by atoms with Crippen LogP contribution >= 0.6 is 31.9 Å². The van der Waals surface area contributed by atoms with E-state index in [4.69, 9.17) is 0 Å². The van der Waals surface area contributed by atoms with E-state index < -0.39 is 0 Å². The minimum Gasteiger partial charge on any atom is -0.336 e. The normalized spacial score (nSPS) is 19.1. The fourth-order valence-electron chi connectivity index (χ4n) is 2.70. The Morgan fingerprint density at radius 3 is 2.95 bits per heavy atom. The van der Waals surface area contributed by atoms with Gasteiger partial charge in [-0.25, -0.2) is 0 Å². The fourth-order valence-corrected chi connectivity index (χ4v) is 3.47. The van der Waals surface area contributed by atoms with Gasteiger partial charge in [-0.2, -0.15) is 0 Å². The van der Waals surface area contributed by atoms with Gasteiger partial charge in [-0.05, 0) is 73.4 Å². The highest BCUT2D eigenvalue weighted by atomic mass is 79.9. The number of benzene rings is 1. The molecule has 0 saturated carbocycles. The maximum atomic E-state index is 12.8. The first-order valence-corrected chi connectivity index (χ1v) is 8.62. The zero-order valence-corrected chi connectivity index (χ0v) is 14.8. The summed E-state index contributed by atoms with van der Waals surface area (Å²) in [5.41, 5.74) is 0.746. The molecule has 1 amide bonds. The average molecular weight is 404 g/mol. The number of carbonyl (C=O) groups excluding carboxylic acids is 1. The lowest BCUT2D eigenvalue weighted by Crippen LogP contribution is -2.44. The van der Waals surface area contributed by atoms with Crippen molar-refractivity contribution >= 4 is 37.8 Å². The quantitative estimate of drug-likeness (QED) is 0.828. The summed E-state index contributed by atoms with van der Waals surface area (Å²) in [5.74, 6) is 0.138. The van der Waals surface area contributed by atoms with Gasteiger partial charge in [0, 0.05) is 21.5 Å². The summed E-state index contributed by atoms with van der Waals surface area (Å²) in [7, 11) is 1.96. The minimum absolute atomic E-state index is 0.138. The van der Waals surface area contributed by atoms with E-state index in [-0.39, 0.29) is 5.91 Å². The zero-order valence-electron chi connectivity index (χ0n) is 11.7. The Balaban J connectivity index is 2.18. The highest BCUT2D eigenvalue weighted by molar-refractivity contribution is 9.11. The number of carbonyl (C=O) groups is 1. The Kier molecular flexibility index (Phi) is 6.05. The molecule has 0 aliphatic carbocycles. The van der Waals surface area contributed by atoms with Crippen LogP contribution in [0.3, 0.4) is 0 Å². The van der Waals surface area contributed by atoms with Crippen LogP contribution in [-0.2, 0) is 0 Å². The monoisotopic (exact) mass is 402 g/mol. The van der Waals surface area contributed by atoms with Crippen LogP contribution in [0.15, 0.2) is 27.1 Å². The molecule has 20 heavy (non-hydrogen) atoms. The number of likely N-dealkylation sites (tertiary alicyclic amines) is 1. The molecule has 1 heterocycles. The zero-order chi connectivity index (χ0) is 14.5. The molecule has 0 spiro atoms. The van der Waals surface area contributed by atoms with E-state index in [1.165, 1.54) is 6.42 Å². The predicted molar refractivity (Wildman–Crippen MR) is 89.1 cm³/mol. The van der Waals surface area contributed by atoms with Crippen LogP contribution in [-0.4, -0.2) is 37.0 Å². The van der Waals surface area contributed by atoms with Crippen molar-refractivity contribution < 1.29 is 4.79 Å². The van der Waals surface area contributed by atoms with E-state index in [2.05, 4.69) is 37.2 Å². The van der Waals surface area contributed by atoms with E-state index >= 15 is 0 Å². The van der Waals surface area contributed by atoms with Crippen LogP contribution in [0.25, 0.3) is 0 Å². The van der Waals surface area contributed by atoms with Crippen molar-refractivity contribution in [2.75, 3.05) is 20.1 Å². The first kappa shape index (κ1) is 16.0. The molecule has 1 aromatic rings. The third-order valence-electron chi connectivity index (χ3n) is 3.77. The maximum absolute atomic E-state index is 12.8. The van der Waals surface area contributed by atoms with Gasteiger partial charge in [-0.1, -0.05) is 15.9 Å². The highest BCUT2D eigenvalue weighted by Gasteiger charge is 2.28. The lowest BCUT2D eigenvalue weighted by molar-refractivity contribution is 0.0601. The van der Waals surface area contributed by atoms with Crippen LogP contribution in [0.1, 0.15) is 36.0 Å². The third-order valence-corrected chi connectivity index (χ3v) is 4.96. The number of hydrogen-bond donors (Lipinski definition) is 1. The summed E-state index contributed by atoms with van der Waals surface area (Å²) in [4.78, 5) is 14.9. The number of halogens is 2. The van der Waals surface area contributed by atoms with Gasteiger partial charge in [-0.15, -0.1) is 0 Å². The molecule has 1 atom stereocenters.